The van der Waals surface area contributed by atoms with Crippen molar-refractivity contribution in [1.29, 1.82) is 5.26 Å². The van der Waals surface area contributed by atoms with E-state index in [-0.39, 0.29) is 26.9 Å². The fourth-order valence-electron chi connectivity index (χ4n) is 3.35. The lowest BCUT2D eigenvalue weighted by molar-refractivity contribution is -0.629. The molecule has 0 saturated heterocycles. The van der Waals surface area contributed by atoms with Gasteiger partial charge < -0.3 is 15.8 Å². The molecule has 12 heteroatoms. The number of fused-ring (bicyclic) bond motifs is 1. The molecule has 0 fully saturated rings. The van der Waals surface area contributed by atoms with Crippen LogP contribution in [-0.4, -0.2) is 4.98 Å². The summed E-state index contributed by atoms with van der Waals surface area (Å²) in [5, 5.41) is 27.9. The summed E-state index contributed by atoms with van der Waals surface area (Å²) in [6, 6.07) is 11.1. The van der Waals surface area contributed by atoms with Gasteiger partial charge in [0.05, 0.1) is 26.8 Å². The number of anilines is 3. The minimum atomic E-state index is -4.76. The normalized spacial score (nSPS) is 11.3. The van der Waals surface area contributed by atoms with Crippen LogP contribution in [0.25, 0.3) is 10.9 Å². The molecule has 6 nitrogen and oxygen atoms in total. The minimum Gasteiger partial charge on any atom is -0.618 e. The van der Waals surface area contributed by atoms with Crippen LogP contribution in [0, 0.1) is 22.4 Å². The molecule has 2 N–H and O–H groups in total. The summed E-state index contributed by atoms with van der Waals surface area (Å²) in [6.07, 6.45) is -2.59. The zero-order valence-electron chi connectivity index (χ0n) is 17.4. The van der Waals surface area contributed by atoms with Crippen LogP contribution in [0.15, 0.2) is 54.9 Å². The van der Waals surface area contributed by atoms with Gasteiger partial charge in [0.15, 0.2) is 6.20 Å². The molecule has 178 valence electrons. The van der Waals surface area contributed by atoms with E-state index in [1.165, 1.54) is 30.5 Å². The zero-order chi connectivity index (χ0) is 25.3. The van der Waals surface area contributed by atoms with E-state index in [0.717, 1.165) is 6.20 Å². The highest BCUT2D eigenvalue weighted by molar-refractivity contribution is 6.36. The Labute approximate surface area is 205 Å². The van der Waals surface area contributed by atoms with Crippen molar-refractivity contribution in [3.63, 3.8) is 0 Å². The topological polar surface area (TPSA) is 87.7 Å². The maximum atomic E-state index is 13.5. The Balaban J connectivity index is 1.69. The van der Waals surface area contributed by atoms with Gasteiger partial charge in [-0.05, 0) is 36.4 Å². The van der Waals surface area contributed by atoms with Crippen LogP contribution in [0.4, 0.5) is 34.6 Å². The van der Waals surface area contributed by atoms with Crippen molar-refractivity contribution < 1.29 is 22.3 Å². The van der Waals surface area contributed by atoms with Crippen LogP contribution in [0.1, 0.15) is 16.8 Å². The fourth-order valence-corrected chi connectivity index (χ4v) is 3.80. The van der Waals surface area contributed by atoms with Crippen molar-refractivity contribution in [2.24, 2.45) is 0 Å². The van der Waals surface area contributed by atoms with Crippen molar-refractivity contribution in [3.05, 3.63) is 92.7 Å². The summed E-state index contributed by atoms with van der Waals surface area (Å²) in [7, 11) is 0. The molecule has 0 bridgehead atoms. The molecule has 0 radical (unpaired) electrons. The van der Waals surface area contributed by atoms with Crippen LogP contribution in [0.2, 0.25) is 10.0 Å². The molecular formula is C23H13Cl2F4N5O. The van der Waals surface area contributed by atoms with E-state index in [2.05, 4.69) is 15.6 Å². The second-order valence-electron chi connectivity index (χ2n) is 7.37. The van der Waals surface area contributed by atoms with E-state index in [4.69, 9.17) is 23.2 Å². The third-order valence-corrected chi connectivity index (χ3v) is 5.57. The number of pyridine rings is 2. The molecule has 0 spiro atoms. The van der Waals surface area contributed by atoms with Crippen LogP contribution in [-0.2, 0) is 12.7 Å². The monoisotopic (exact) mass is 521 g/mol. The van der Waals surface area contributed by atoms with Gasteiger partial charge in [-0.2, -0.15) is 23.2 Å². The lowest BCUT2D eigenvalue weighted by Crippen LogP contribution is -2.36. The largest absolute Gasteiger partial charge is 0.618 e. The third kappa shape index (κ3) is 5.16. The van der Waals surface area contributed by atoms with Gasteiger partial charge in [0.2, 0.25) is 0 Å². The van der Waals surface area contributed by atoms with E-state index in [0.29, 0.717) is 39.6 Å². The number of benzene rings is 2. The molecule has 0 aliphatic heterocycles. The van der Waals surface area contributed by atoms with Crippen molar-refractivity contribution in [3.8, 4) is 6.07 Å². The van der Waals surface area contributed by atoms with Gasteiger partial charge in [-0.1, -0.05) is 23.2 Å². The van der Waals surface area contributed by atoms with Gasteiger partial charge in [0.1, 0.15) is 11.9 Å². The Morgan fingerprint density at radius 1 is 1.06 bits per heavy atom. The number of aromatic nitrogens is 2. The van der Waals surface area contributed by atoms with Gasteiger partial charge in [-0.15, -0.1) is 0 Å². The maximum absolute atomic E-state index is 13.5. The number of halogens is 6. The quantitative estimate of drug-likeness (QED) is 0.176. The van der Waals surface area contributed by atoms with Gasteiger partial charge in [-0.25, -0.2) is 4.39 Å². The highest BCUT2D eigenvalue weighted by Crippen LogP contribution is 2.35. The van der Waals surface area contributed by atoms with Gasteiger partial charge in [0, 0.05) is 41.1 Å². The van der Waals surface area contributed by atoms with Crippen molar-refractivity contribution in [2.45, 2.75) is 12.7 Å². The van der Waals surface area contributed by atoms with E-state index >= 15 is 0 Å². The van der Waals surface area contributed by atoms with Crippen LogP contribution < -0.4 is 15.4 Å². The molecule has 2 heterocycles. The molecule has 0 amide bonds. The molecule has 0 atom stereocenters. The van der Waals surface area contributed by atoms with Crippen molar-refractivity contribution in [2.75, 3.05) is 10.6 Å². The Bertz CT molecular complexity index is 1490. The summed E-state index contributed by atoms with van der Waals surface area (Å²) in [4.78, 5) is 4.23. The SMILES string of the molecule is N#Cc1cnc2c(Cl)cc(NCc3ccc(C(F)(F)F)[n+]([O-])c3)cc2c1Nc1ccc(F)c(Cl)c1. The van der Waals surface area contributed by atoms with E-state index < -0.39 is 17.7 Å². The minimum absolute atomic E-state index is 0.0178. The lowest BCUT2D eigenvalue weighted by atomic mass is 10.1. The van der Waals surface area contributed by atoms with E-state index in [1.54, 1.807) is 12.1 Å². The molecule has 0 saturated carbocycles. The van der Waals surface area contributed by atoms with E-state index in [1.807, 2.05) is 6.07 Å². The van der Waals surface area contributed by atoms with Crippen LogP contribution in [0.5, 0.6) is 0 Å². The molecular weight excluding hydrogens is 509 g/mol. The Hall–Kier alpha value is -3.81. The summed E-state index contributed by atoms with van der Waals surface area (Å²) in [6.45, 7) is 0.0178. The van der Waals surface area contributed by atoms with Crippen LogP contribution in [0.3, 0.4) is 0 Å². The summed E-state index contributed by atoms with van der Waals surface area (Å²) >= 11 is 12.3. The standard InChI is InChI=1S/C23H13Cl2F4N5O/c24-17-6-14(2-3-19(17)26)33-21-13(8-30)10-32-22-16(21)5-15(7-18(22)25)31-9-12-1-4-20(23(27,28)29)34(35)11-12/h1-7,10-11,31H,9H2,(H,32,33). The zero-order valence-corrected chi connectivity index (χ0v) is 18.9. The number of nitrogens with zero attached hydrogens (tertiary/aromatic N) is 3. The second kappa shape index (κ2) is 9.44. The third-order valence-electron chi connectivity index (χ3n) is 5.00. The van der Waals surface area contributed by atoms with Crippen LogP contribution >= 0.6 is 23.2 Å². The lowest BCUT2D eigenvalue weighted by Gasteiger charge is -2.15. The maximum Gasteiger partial charge on any atom is 0.478 e. The fraction of sp³-hybridized carbons (Fsp3) is 0.0870. The molecule has 0 aliphatic rings. The Morgan fingerprint density at radius 3 is 2.46 bits per heavy atom. The highest BCUT2D eigenvalue weighted by atomic mass is 35.5. The Morgan fingerprint density at radius 2 is 1.80 bits per heavy atom. The molecule has 2 aromatic heterocycles. The number of alkyl halides is 3. The molecule has 2 aromatic carbocycles. The first-order chi connectivity index (χ1) is 16.6. The van der Waals surface area contributed by atoms with Gasteiger partial charge in [-0.3, -0.25) is 4.98 Å². The molecule has 4 aromatic rings. The number of nitriles is 1. The predicted molar refractivity (Wildman–Crippen MR) is 124 cm³/mol. The first kappa shape index (κ1) is 24.3. The molecule has 4 rings (SSSR count). The average Bonchev–Trinajstić information content (AvgIpc) is 2.79. The van der Waals surface area contributed by atoms with Crippen molar-refractivity contribution in [1.82, 2.24) is 4.98 Å². The molecule has 35 heavy (non-hydrogen) atoms. The van der Waals surface area contributed by atoms with E-state index in [9.17, 15) is 28.0 Å². The predicted octanol–water partition coefficient (Wildman–Crippen LogP) is 6.56. The number of hydrogen-bond donors (Lipinski definition) is 2. The smallest absolute Gasteiger partial charge is 0.478 e. The van der Waals surface area contributed by atoms with Crippen molar-refractivity contribution >= 4 is 51.2 Å². The molecule has 0 unspecified atom stereocenters. The number of nitrogens with one attached hydrogen (secondary N) is 2. The summed E-state index contributed by atoms with van der Waals surface area (Å²) in [5.74, 6) is -0.602. The number of hydrogen-bond acceptors (Lipinski definition) is 5. The first-order valence-electron chi connectivity index (χ1n) is 9.84. The first-order valence-corrected chi connectivity index (χ1v) is 10.6. The summed E-state index contributed by atoms with van der Waals surface area (Å²) < 4.78 is 51.7. The van der Waals surface area contributed by atoms with Gasteiger partial charge in [0.25, 0.3) is 5.69 Å². The average molecular weight is 522 g/mol. The van der Waals surface area contributed by atoms with Gasteiger partial charge >= 0.3 is 6.18 Å². The summed E-state index contributed by atoms with van der Waals surface area (Å²) in [5.41, 5.74) is 0.753. The highest BCUT2D eigenvalue weighted by Gasteiger charge is 2.39. The molecule has 0 aliphatic carbocycles. The number of rotatable bonds is 5. The second-order valence-corrected chi connectivity index (χ2v) is 8.18. The Kier molecular flexibility index (Phi) is 6.56.